The van der Waals surface area contributed by atoms with Gasteiger partial charge in [0.15, 0.2) is 0 Å². The Balaban J connectivity index is 1.97. The summed E-state index contributed by atoms with van der Waals surface area (Å²) in [5, 5.41) is 11.1. The molecule has 13 heavy (non-hydrogen) atoms. The number of aromatic nitrogens is 2. The smallest absolute Gasteiger partial charge is 0.233 e. The number of rotatable bonds is 2. The van der Waals surface area contributed by atoms with Crippen LogP contribution in [0.15, 0.2) is 12.1 Å². The molecule has 1 atom stereocenters. The van der Waals surface area contributed by atoms with Crippen molar-refractivity contribution < 1.29 is 4.74 Å². The van der Waals surface area contributed by atoms with E-state index in [1.807, 2.05) is 19.1 Å². The summed E-state index contributed by atoms with van der Waals surface area (Å²) in [4.78, 5) is 0. The van der Waals surface area contributed by atoms with Crippen LogP contribution < -0.4 is 10.1 Å². The normalized spacial score (nSPS) is 21.8. The third-order valence-electron chi connectivity index (χ3n) is 2.08. The zero-order chi connectivity index (χ0) is 9.10. The van der Waals surface area contributed by atoms with Gasteiger partial charge in [0.05, 0.1) is 5.69 Å². The third kappa shape index (κ3) is 2.15. The van der Waals surface area contributed by atoms with Gasteiger partial charge in [0.1, 0.15) is 6.10 Å². The van der Waals surface area contributed by atoms with E-state index in [-0.39, 0.29) is 6.10 Å². The van der Waals surface area contributed by atoms with Gasteiger partial charge < -0.3 is 10.1 Å². The molecule has 0 bridgehead atoms. The van der Waals surface area contributed by atoms with Gasteiger partial charge in [0.2, 0.25) is 5.88 Å². The highest BCUT2D eigenvalue weighted by Crippen LogP contribution is 2.10. The minimum atomic E-state index is 0.261. The predicted octanol–water partition coefficient (Wildman–Crippen LogP) is 0.526. The zero-order valence-corrected chi connectivity index (χ0v) is 7.66. The number of hydrogen-bond acceptors (Lipinski definition) is 4. The molecule has 1 aliphatic rings. The molecule has 0 unspecified atom stereocenters. The van der Waals surface area contributed by atoms with E-state index in [1.165, 1.54) is 0 Å². The molecule has 1 aromatic rings. The van der Waals surface area contributed by atoms with Crippen LogP contribution in [0.4, 0.5) is 0 Å². The molecule has 1 saturated heterocycles. The highest BCUT2D eigenvalue weighted by molar-refractivity contribution is 5.10. The molecule has 4 heteroatoms. The second-order valence-corrected chi connectivity index (χ2v) is 3.25. The van der Waals surface area contributed by atoms with Crippen molar-refractivity contribution in [1.82, 2.24) is 15.5 Å². The quantitative estimate of drug-likeness (QED) is 0.719. The predicted molar refractivity (Wildman–Crippen MR) is 48.7 cm³/mol. The van der Waals surface area contributed by atoms with Gasteiger partial charge in [-0.25, -0.2) is 0 Å². The van der Waals surface area contributed by atoms with E-state index in [1.54, 1.807) is 0 Å². The van der Waals surface area contributed by atoms with Crippen LogP contribution in [0.5, 0.6) is 5.88 Å². The average molecular weight is 179 g/mol. The van der Waals surface area contributed by atoms with Crippen LogP contribution in [-0.4, -0.2) is 29.4 Å². The molecule has 1 aromatic heterocycles. The maximum Gasteiger partial charge on any atom is 0.233 e. The van der Waals surface area contributed by atoms with Gasteiger partial charge in [-0.3, -0.25) is 0 Å². The van der Waals surface area contributed by atoms with Gasteiger partial charge in [0, 0.05) is 12.6 Å². The third-order valence-corrected chi connectivity index (χ3v) is 2.08. The van der Waals surface area contributed by atoms with Gasteiger partial charge in [-0.2, -0.15) is 5.10 Å². The van der Waals surface area contributed by atoms with E-state index in [0.29, 0.717) is 5.88 Å². The highest BCUT2D eigenvalue weighted by Gasteiger charge is 2.16. The van der Waals surface area contributed by atoms with E-state index in [0.717, 1.165) is 25.2 Å². The van der Waals surface area contributed by atoms with E-state index in [4.69, 9.17) is 4.74 Å². The maximum absolute atomic E-state index is 5.59. The van der Waals surface area contributed by atoms with E-state index >= 15 is 0 Å². The minimum absolute atomic E-state index is 0.261. The topological polar surface area (TPSA) is 47.0 Å². The second-order valence-electron chi connectivity index (χ2n) is 3.25. The van der Waals surface area contributed by atoms with Crippen LogP contribution in [-0.2, 0) is 0 Å². The fourth-order valence-corrected chi connectivity index (χ4v) is 1.35. The zero-order valence-electron chi connectivity index (χ0n) is 7.66. The Kier molecular flexibility index (Phi) is 2.40. The first kappa shape index (κ1) is 8.44. The lowest BCUT2D eigenvalue weighted by atomic mass is 10.3. The van der Waals surface area contributed by atoms with Crippen LogP contribution in [0, 0.1) is 6.92 Å². The Morgan fingerprint density at radius 3 is 3.00 bits per heavy atom. The Morgan fingerprint density at radius 2 is 2.38 bits per heavy atom. The Labute approximate surface area is 77.3 Å². The van der Waals surface area contributed by atoms with Crippen molar-refractivity contribution in [2.75, 3.05) is 13.1 Å². The van der Waals surface area contributed by atoms with Gasteiger partial charge in [-0.1, -0.05) is 0 Å². The molecule has 0 amide bonds. The highest BCUT2D eigenvalue weighted by atomic mass is 16.5. The van der Waals surface area contributed by atoms with Crippen molar-refractivity contribution in [1.29, 1.82) is 0 Å². The molecule has 0 saturated carbocycles. The summed E-state index contributed by atoms with van der Waals surface area (Å²) in [7, 11) is 0. The lowest BCUT2D eigenvalue weighted by molar-refractivity contribution is 0.211. The van der Waals surface area contributed by atoms with Crippen molar-refractivity contribution in [3.05, 3.63) is 17.8 Å². The molecule has 1 aliphatic heterocycles. The van der Waals surface area contributed by atoms with Crippen LogP contribution in [0.3, 0.4) is 0 Å². The number of nitrogens with one attached hydrogen (secondary N) is 1. The number of ether oxygens (including phenoxy) is 1. The van der Waals surface area contributed by atoms with Gasteiger partial charge in [0.25, 0.3) is 0 Å². The molecule has 70 valence electrons. The van der Waals surface area contributed by atoms with Gasteiger partial charge >= 0.3 is 0 Å². The van der Waals surface area contributed by atoms with E-state index < -0.39 is 0 Å². The molecule has 2 heterocycles. The molecule has 0 aromatic carbocycles. The number of hydrogen-bond donors (Lipinski definition) is 1. The van der Waals surface area contributed by atoms with Crippen LogP contribution >= 0.6 is 0 Å². The Hall–Kier alpha value is -1.16. The van der Waals surface area contributed by atoms with Crippen molar-refractivity contribution >= 4 is 0 Å². The standard InChI is InChI=1S/C9H13N3O/c1-7-2-3-9(12-11-7)13-8-4-5-10-6-8/h2-3,8,10H,4-6H2,1H3/t8-/m0/s1. The monoisotopic (exact) mass is 179 g/mol. The van der Waals surface area contributed by atoms with Crippen LogP contribution in [0.1, 0.15) is 12.1 Å². The van der Waals surface area contributed by atoms with Crippen molar-refractivity contribution in [3.63, 3.8) is 0 Å². The molecule has 0 radical (unpaired) electrons. The molecule has 1 N–H and O–H groups in total. The van der Waals surface area contributed by atoms with E-state index in [2.05, 4.69) is 15.5 Å². The second kappa shape index (κ2) is 3.70. The minimum Gasteiger partial charge on any atom is -0.472 e. The number of aryl methyl sites for hydroxylation is 1. The maximum atomic E-state index is 5.59. The molecular formula is C9H13N3O. The fourth-order valence-electron chi connectivity index (χ4n) is 1.35. The lowest BCUT2D eigenvalue weighted by Gasteiger charge is -2.10. The Bertz CT molecular complexity index is 267. The number of nitrogens with zero attached hydrogens (tertiary/aromatic N) is 2. The molecule has 2 rings (SSSR count). The van der Waals surface area contributed by atoms with Crippen LogP contribution in [0.25, 0.3) is 0 Å². The summed E-state index contributed by atoms with van der Waals surface area (Å²) >= 11 is 0. The SMILES string of the molecule is Cc1ccc(O[C@H]2CCNC2)nn1. The molecule has 1 fully saturated rings. The Morgan fingerprint density at radius 1 is 1.46 bits per heavy atom. The molecular weight excluding hydrogens is 166 g/mol. The lowest BCUT2D eigenvalue weighted by Crippen LogP contribution is -2.20. The molecule has 0 spiro atoms. The van der Waals surface area contributed by atoms with E-state index in [9.17, 15) is 0 Å². The van der Waals surface area contributed by atoms with Gasteiger partial charge in [-0.15, -0.1) is 5.10 Å². The van der Waals surface area contributed by atoms with Crippen molar-refractivity contribution in [2.45, 2.75) is 19.4 Å². The summed E-state index contributed by atoms with van der Waals surface area (Å²) in [5.41, 5.74) is 0.914. The summed E-state index contributed by atoms with van der Waals surface area (Å²) in [5.74, 6) is 0.624. The molecule has 0 aliphatic carbocycles. The molecule has 4 nitrogen and oxygen atoms in total. The van der Waals surface area contributed by atoms with Crippen LogP contribution in [0.2, 0.25) is 0 Å². The fraction of sp³-hybridized carbons (Fsp3) is 0.556. The van der Waals surface area contributed by atoms with Crippen molar-refractivity contribution in [3.8, 4) is 5.88 Å². The first-order valence-electron chi connectivity index (χ1n) is 4.52. The summed E-state index contributed by atoms with van der Waals surface area (Å²) in [6, 6.07) is 3.77. The van der Waals surface area contributed by atoms with Gasteiger partial charge in [-0.05, 0) is 26.0 Å². The summed E-state index contributed by atoms with van der Waals surface area (Å²) in [6.07, 6.45) is 1.31. The summed E-state index contributed by atoms with van der Waals surface area (Å²) < 4.78 is 5.59. The van der Waals surface area contributed by atoms with Crippen molar-refractivity contribution in [2.24, 2.45) is 0 Å². The first-order chi connectivity index (χ1) is 6.34. The summed E-state index contributed by atoms with van der Waals surface area (Å²) in [6.45, 7) is 3.85. The largest absolute Gasteiger partial charge is 0.472 e. The first-order valence-corrected chi connectivity index (χ1v) is 4.52. The average Bonchev–Trinajstić information content (AvgIpc) is 2.62.